The van der Waals surface area contributed by atoms with Gasteiger partial charge >= 0.3 is 5.97 Å². The van der Waals surface area contributed by atoms with Crippen LogP contribution in [0.4, 0.5) is 0 Å². The van der Waals surface area contributed by atoms with Crippen molar-refractivity contribution in [2.45, 2.75) is 136 Å². The lowest BCUT2D eigenvalue weighted by Crippen LogP contribution is -2.49. The van der Waals surface area contributed by atoms with Crippen LogP contribution in [0.5, 0.6) is 0 Å². The summed E-state index contributed by atoms with van der Waals surface area (Å²) in [6.07, 6.45) is 5.41. The summed E-state index contributed by atoms with van der Waals surface area (Å²) in [5.74, 6) is -1.77. The number of nitrogens with one attached hydrogen (secondary N) is 1. The van der Waals surface area contributed by atoms with Gasteiger partial charge in [-0.15, -0.1) is 11.3 Å². The highest BCUT2D eigenvalue weighted by molar-refractivity contribution is 7.09. The number of esters is 1. The van der Waals surface area contributed by atoms with Crippen LogP contribution in [0.1, 0.15) is 110 Å². The first-order chi connectivity index (χ1) is 20.2. The Morgan fingerprint density at radius 1 is 1.26 bits per heavy atom. The number of aryl methyl sites for hydroxylation is 1. The highest BCUT2D eigenvalue weighted by Crippen LogP contribution is 2.44. The lowest BCUT2D eigenvalue weighted by atomic mass is 9.72. The summed E-state index contributed by atoms with van der Waals surface area (Å²) in [5, 5.41) is 17.3. The van der Waals surface area contributed by atoms with Gasteiger partial charge < -0.3 is 25.6 Å². The van der Waals surface area contributed by atoms with Crippen LogP contribution in [0, 0.1) is 24.2 Å². The molecule has 9 nitrogen and oxygen atoms in total. The van der Waals surface area contributed by atoms with E-state index in [0.29, 0.717) is 19.4 Å². The number of amides is 1. The summed E-state index contributed by atoms with van der Waals surface area (Å²) in [4.78, 5) is 45.0. The smallest absolute Gasteiger partial charge is 0.306 e. The van der Waals surface area contributed by atoms with E-state index in [9.17, 15) is 19.5 Å². The molecule has 242 valence electrons. The average molecular weight is 620 g/mol. The Kier molecular flexibility index (Phi) is 12.5. The standard InChI is InChI=1S/C33H53N3O6S/c1-20-12-11-14-33(7)27(42-33)17-25(21(2)16-24-19-43-23(4)35-24)36-28(37)18-26(41-29(38)13-9-8-10-15-34)32(5,6)31(40)22(3)30(20)39/h16,19-20,22,25-27,30,39H,8-15,17-18,34H2,1-7H3,(H,36,37)/t20-,22+,25-,26-,27-,30-,33+/m0/s1. The van der Waals surface area contributed by atoms with Crippen molar-refractivity contribution in [3.05, 3.63) is 21.7 Å². The maximum Gasteiger partial charge on any atom is 0.306 e. The van der Waals surface area contributed by atoms with Gasteiger partial charge in [-0.2, -0.15) is 0 Å². The SMILES string of the molecule is CC(=Cc1csc(C)n1)[C@@H]1C[C@@H]2O[C@]2(C)CCC[C@H](C)[C@H](O)[C@@H](C)C(=O)C(C)(C)[C@@H](OC(=O)CCCCCN)CC(=O)N1. The van der Waals surface area contributed by atoms with Crippen molar-refractivity contribution in [3.8, 4) is 0 Å². The van der Waals surface area contributed by atoms with E-state index in [2.05, 4.69) is 17.2 Å². The lowest BCUT2D eigenvalue weighted by molar-refractivity contribution is -0.162. The average Bonchev–Trinajstić information content (AvgIpc) is 3.39. The van der Waals surface area contributed by atoms with Gasteiger partial charge in [0, 0.05) is 24.1 Å². The van der Waals surface area contributed by atoms with E-state index in [1.807, 2.05) is 32.2 Å². The van der Waals surface area contributed by atoms with Crippen molar-refractivity contribution < 1.29 is 29.0 Å². The van der Waals surface area contributed by atoms with Gasteiger partial charge in [-0.05, 0) is 84.4 Å². The molecule has 1 aromatic heterocycles. The van der Waals surface area contributed by atoms with Crippen LogP contribution in [0.3, 0.4) is 0 Å². The van der Waals surface area contributed by atoms with E-state index in [0.717, 1.165) is 48.4 Å². The van der Waals surface area contributed by atoms with Gasteiger partial charge in [0.1, 0.15) is 11.9 Å². The predicted octanol–water partition coefficient (Wildman–Crippen LogP) is 5.12. The number of epoxide rings is 1. The van der Waals surface area contributed by atoms with Gasteiger partial charge in [-0.1, -0.05) is 26.7 Å². The Morgan fingerprint density at radius 3 is 2.63 bits per heavy atom. The third kappa shape index (κ3) is 9.67. The Balaban J connectivity index is 1.90. The molecule has 0 bridgehead atoms. The highest BCUT2D eigenvalue weighted by atomic mass is 32.1. The number of rotatable bonds is 8. The minimum absolute atomic E-state index is 0.0226. The molecule has 0 aliphatic carbocycles. The van der Waals surface area contributed by atoms with Gasteiger partial charge in [0.05, 0.1) is 46.4 Å². The molecule has 0 unspecified atom stereocenters. The minimum Gasteiger partial charge on any atom is -0.461 e. The minimum atomic E-state index is -1.20. The molecule has 0 spiro atoms. The number of aromatic nitrogens is 1. The number of hydrogen-bond donors (Lipinski definition) is 3. The zero-order valence-corrected chi connectivity index (χ0v) is 27.9. The molecule has 2 aliphatic heterocycles. The molecule has 3 heterocycles. The van der Waals surface area contributed by atoms with Crippen LogP contribution in [0.25, 0.3) is 6.08 Å². The molecule has 7 atom stereocenters. The molecule has 4 N–H and O–H groups in total. The fraction of sp³-hybridized carbons (Fsp3) is 0.758. The van der Waals surface area contributed by atoms with E-state index < -0.39 is 29.5 Å². The first-order valence-electron chi connectivity index (χ1n) is 15.9. The predicted molar refractivity (Wildman–Crippen MR) is 169 cm³/mol. The molecule has 0 aromatic carbocycles. The van der Waals surface area contributed by atoms with Crippen LogP contribution >= 0.6 is 11.3 Å². The number of thiazole rings is 1. The van der Waals surface area contributed by atoms with Gasteiger partial charge in [0.25, 0.3) is 0 Å². The topological polar surface area (TPSA) is 144 Å². The summed E-state index contributed by atoms with van der Waals surface area (Å²) in [5.41, 5.74) is 5.88. The number of fused-ring (bicyclic) bond motifs is 1. The monoisotopic (exact) mass is 619 g/mol. The van der Waals surface area contributed by atoms with E-state index in [1.165, 1.54) is 0 Å². The number of nitrogens with two attached hydrogens (primary N) is 1. The van der Waals surface area contributed by atoms with Gasteiger partial charge in [0.15, 0.2) is 0 Å². The number of aliphatic hydroxyl groups is 1. The van der Waals surface area contributed by atoms with Crippen LogP contribution in [0.2, 0.25) is 0 Å². The van der Waals surface area contributed by atoms with E-state index in [-0.39, 0.29) is 48.2 Å². The molecule has 2 saturated heterocycles. The maximum absolute atomic E-state index is 13.9. The zero-order valence-electron chi connectivity index (χ0n) is 27.1. The molecular formula is C33H53N3O6S. The Labute approximate surface area is 261 Å². The molecule has 1 amide bonds. The number of Topliss-reactive ketones (excluding diaryl/α,β-unsaturated/α-hetero) is 1. The summed E-state index contributed by atoms with van der Waals surface area (Å²) < 4.78 is 12.1. The van der Waals surface area contributed by atoms with Crippen molar-refractivity contribution in [2.75, 3.05) is 6.54 Å². The molecule has 2 fully saturated rings. The lowest BCUT2D eigenvalue weighted by Gasteiger charge is -2.36. The van der Waals surface area contributed by atoms with Crippen LogP contribution < -0.4 is 11.1 Å². The third-order valence-electron chi connectivity index (χ3n) is 9.39. The van der Waals surface area contributed by atoms with Crippen LogP contribution in [-0.2, 0) is 23.9 Å². The fourth-order valence-electron chi connectivity index (χ4n) is 6.17. The van der Waals surface area contributed by atoms with Crippen molar-refractivity contribution in [1.29, 1.82) is 0 Å². The largest absolute Gasteiger partial charge is 0.461 e. The zero-order chi connectivity index (χ0) is 31.9. The molecule has 0 radical (unpaired) electrons. The molecule has 1 aromatic rings. The molecule has 0 saturated carbocycles. The fourth-order valence-corrected chi connectivity index (χ4v) is 6.74. The van der Waals surface area contributed by atoms with Crippen molar-refractivity contribution in [2.24, 2.45) is 23.0 Å². The summed E-state index contributed by atoms with van der Waals surface area (Å²) in [6, 6.07) is -0.319. The quantitative estimate of drug-likeness (QED) is 0.207. The second kappa shape index (κ2) is 15.2. The maximum atomic E-state index is 13.9. The summed E-state index contributed by atoms with van der Waals surface area (Å²) >= 11 is 1.57. The summed E-state index contributed by atoms with van der Waals surface area (Å²) in [6.45, 7) is 13.7. The number of carbonyl (C=O) groups excluding carboxylic acids is 3. The van der Waals surface area contributed by atoms with E-state index in [1.54, 1.807) is 32.1 Å². The number of ether oxygens (including phenoxy) is 2. The van der Waals surface area contributed by atoms with Crippen LogP contribution in [-0.4, -0.2) is 64.2 Å². The Hall–Kier alpha value is -2.14. The highest BCUT2D eigenvalue weighted by Gasteiger charge is 2.52. The number of unbranched alkanes of at least 4 members (excludes halogenated alkanes) is 2. The molecule has 3 rings (SSSR count). The van der Waals surface area contributed by atoms with Gasteiger partial charge in [-0.25, -0.2) is 4.98 Å². The van der Waals surface area contributed by atoms with Gasteiger partial charge in [0.2, 0.25) is 5.91 Å². The van der Waals surface area contributed by atoms with E-state index >= 15 is 0 Å². The number of ketones is 1. The van der Waals surface area contributed by atoms with Gasteiger partial charge in [-0.3, -0.25) is 14.4 Å². The Morgan fingerprint density at radius 2 is 1.98 bits per heavy atom. The number of aliphatic hydroxyl groups excluding tert-OH is 1. The first kappa shape index (κ1) is 35.3. The Bertz CT molecular complexity index is 1150. The third-order valence-corrected chi connectivity index (χ3v) is 10.2. The second-order valence-electron chi connectivity index (χ2n) is 13.5. The normalized spacial score (nSPS) is 32.5. The van der Waals surface area contributed by atoms with Crippen molar-refractivity contribution >= 4 is 35.1 Å². The van der Waals surface area contributed by atoms with Crippen molar-refractivity contribution in [1.82, 2.24) is 10.3 Å². The number of hydrogen-bond acceptors (Lipinski definition) is 9. The molecular weight excluding hydrogens is 566 g/mol. The molecule has 10 heteroatoms. The summed E-state index contributed by atoms with van der Waals surface area (Å²) in [7, 11) is 0. The molecule has 2 aliphatic rings. The van der Waals surface area contributed by atoms with E-state index in [4.69, 9.17) is 15.2 Å². The second-order valence-corrected chi connectivity index (χ2v) is 14.5. The molecule has 43 heavy (non-hydrogen) atoms. The van der Waals surface area contributed by atoms with Crippen LogP contribution in [0.15, 0.2) is 11.0 Å². The number of nitrogens with zero attached hydrogens (tertiary/aromatic N) is 1. The first-order valence-corrected chi connectivity index (χ1v) is 16.7. The van der Waals surface area contributed by atoms with Crippen molar-refractivity contribution in [3.63, 3.8) is 0 Å². The number of carbonyl (C=O) groups is 3.